The van der Waals surface area contributed by atoms with Crippen molar-refractivity contribution in [2.24, 2.45) is 5.92 Å². The fourth-order valence-electron chi connectivity index (χ4n) is 1.31. The number of nitrogens with one attached hydrogen (secondary N) is 1. The maximum atomic E-state index is 11.5. The van der Waals surface area contributed by atoms with Gasteiger partial charge in [-0.2, -0.15) is 0 Å². The first kappa shape index (κ1) is 15.9. The highest BCUT2D eigenvalue weighted by Gasteiger charge is 2.12. The third-order valence-electron chi connectivity index (χ3n) is 1.97. The van der Waals surface area contributed by atoms with Crippen LogP contribution in [0.1, 0.15) is 20.3 Å². The molecule has 1 amide bonds. The van der Waals surface area contributed by atoms with Crippen molar-refractivity contribution in [1.29, 1.82) is 0 Å². The summed E-state index contributed by atoms with van der Waals surface area (Å²) in [6, 6.07) is 0.179. The van der Waals surface area contributed by atoms with Crippen molar-refractivity contribution < 1.29 is 14.3 Å². The highest BCUT2D eigenvalue weighted by molar-refractivity contribution is 9.09. The maximum absolute atomic E-state index is 11.5. The standard InChI is InChI=1S/C11H22BrNO3/c1-9(2)6-10(7-12)13-11(14)8-16-5-4-15-3/h9-10H,4-8H2,1-3H3,(H,13,14). The van der Waals surface area contributed by atoms with E-state index in [0.717, 1.165) is 11.8 Å². The molecule has 0 saturated heterocycles. The van der Waals surface area contributed by atoms with E-state index >= 15 is 0 Å². The van der Waals surface area contributed by atoms with Crippen LogP contribution in [-0.2, 0) is 14.3 Å². The number of hydrogen-bond donors (Lipinski definition) is 1. The minimum atomic E-state index is -0.0683. The van der Waals surface area contributed by atoms with E-state index in [2.05, 4.69) is 35.1 Å². The van der Waals surface area contributed by atoms with Gasteiger partial charge in [0.05, 0.1) is 13.2 Å². The molecular weight excluding hydrogens is 274 g/mol. The van der Waals surface area contributed by atoms with Crippen LogP contribution in [0, 0.1) is 5.92 Å². The van der Waals surface area contributed by atoms with E-state index in [1.807, 2.05) is 0 Å². The lowest BCUT2D eigenvalue weighted by Crippen LogP contribution is -2.39. The third kappa shape index (κ3) is 9.12. The van der Waals surface area contributed by atoms with Crippen molar-refractivity contribution in [1.82, 2.24) is 5.32 Å². The summed E-state index contributed by atoms with van der Waals surface area (Å²) in [5.41, 5.74) is 0. The third-order valence-corrected chi connectivity index (χ3v) is 2.75. The maximum Gasteiger partial charge on any atom is 0.246 e. The number of halogens is 1. The molecule has 0 radical (unpaired) electrons. The van der Waals surface area contributed by atoms with Crippen LogP contribution in [0.3, 0.4) is 0 Å². The van der Waals surface area contributed by atoms with Crippen molar-refractivity contribution in [2.45, 2.75) is 26.3 Å². The SMILES string of the molecule is COCCOCC(=O)NC(CBr)CC(C)C. The first-order valence-electron chi connectivity index (χ1n) is 5.52. The van der Waals surface area contributed by atoms with Gasteiger partial charge in [-0.15, -0.1) is 0 Å². The van der Waals surface area contributed by atoms with Gasteiger partial charge in [-0.3, -0.25) is 4.79 Å². The molecule has 0 rings (SSSR count). The van der Waals surface area contributed by atoms with Crippen molar-refractivity contribution in [2.75, 3.05) is 32.3 Å². The quantitative estimate of drug-likeness (QED) is 0.519. The molecule has 5 heteroatoms. The Morgan fingerprint density at radius 1 is 1.38 bits per heavy atom. The molecule has 0 saturated carbocycles. The lowest BCUT2D eigenvalue weighted by atomic mass is 10.1. The van der Waals surface area contributed by atoms with Gasteiger partial charge < -0.3 is 14.8 Å². The molecule has 0 aliphatic heterocycles. The zero-order chi connectivity index (χ0) is 12.4. The Kier molecular flexibility index (Phi) is 9.97. The molecule has 1 atom stereocenters. The van der Waals surface area contributed by atoms with Crippen molar-refractivity contribution >= 4 is 21.8 Å². The number of alkyl halides is 1. The molecule has 0 fully saturated rings. The molecule has 1 N–H and O–H groups in total. The van der Waals surface area contributed by atoms with E-state index in [-0.39, 0.29) is 18.6 Å². The van der Waals surface area contributed by atoms with Crippen LogP contribution < -0.4 is 5.32 Å². The van der Waals surface area contributed by atoms with Gasteiger partial charge in [0.25, 0.3) is 0 Å². The number of carbonyl (C=O) groups excluding carboxylic acids is 1. The van der Waals surface area contributed by atoms with Crippen molar-refractivity contribution in [3.05, 3.63) is 0 Å². The van der Waals surface area contributed by atoms with Crippen LogP contribution in [-0.4, -0.2) is 44.2 Å². The predicted octanol–water partition coefficient (Wildman–Crippen LogP) is 1.58. The molecule has 0 aliphatic carbocycles. The Morgan fingerprint density at radius 3 is 2.56 bits per heavy atom. The summed E-state index contributed by atoms with van der Waals surface area (Å²) in [6.45, 7) is 5.34. The Hall–Kier alpha value is -0.130. The van der Waals surface area contributed by atoms with E-state index in [1.54, 1.807) is 7.11 Å². The second kappa shape index (κ2) is 10.1. The Labute approximate surface area is 106 Å². The minimum absolute atomic E-state index is 0.0683. The molecular formula is C11H22BrNO3. The fraction of sp³-hybridized carbons (Fsp3) is 0.909. The van der Waals surface area contributed by atoms with Crippen molar-refractivity contribution in [3.63, 3.8) is 0 Å². The van der Waals surface area contributed by atoms with E-state index in [0.29, 0.717) is 19.1 Å². The van der Waals surface area contributed by atoms with Gasteiger partial charge in [-0.05, 0) is 12.3 Å². The molecule has 4 nitrogen and oxygen atoms in total. The molecule has 16 heavy (non-hydrogen) atoms. The zero-order valence-electron chi connectivity index (χ0n) is 10.3. The lowest BCUT2D eigenvalue weighted by molar-refractivity contribution is -0.126. The molecule has 0 spiro atoms. The van der Waals surface area contributed by atoms with Gasteiger partial charge in [-0.1, -0.05) is 29.8 Å². The minimum Gasteiger partial charge on any atom is -0.382 e. The number of hydrogen-bond acceptors (Lipinski definition) is 3. The molecule has 0 bridgehead atoms. The van der Waals surface area contributed by atoms with E-state index in [4.69, 9.17) is 9.47 Å². The van der Waals surface area contributed by atoms with Gasteiger partial charge in [0, 0.05) is 18.5 Å². The summed E-state index contributed by atoms with van der Waals surface area (Å²) in [4.78, 5) is 11.5. The van der Waals surface area contributed by atoms with Crippen LogP contribution in [0.25, 0.3) is 0 Å². The van der Waals surface area contributed by atoms with Gasteiger partial charge in [0.1, 0.15) is 6.61 Å². The normalized spacial score (nSPS) is 12.8. The molecule has 96 valence electrons. The molecule has 0 aliphatic rings. The van der Waals surface area contributed by atoms with Crippen LogP contribution in [0.5, 0.6) is 0 Å². The van der Waals surface area contributed by atoms with Crippen LogP contribution in [0.15, 0.2) is 0 Å². The largest absolute Gasteiger partial charge is 0.382 e. The number of rotatable bonds is 9. The number of methoxy groups -OCH3 is 1. The average molecular weight is 296 g/mol. The molecule has 0 heterocycles. The number of amides is 1. The zero-order valence-corrected chi connectivity index (χ0v) is 11.9. The summed E-state index contributed by atoms with van der Waals surface area (Å²) in [6.07, 6.45) is 0.967. The first-order chi connectivity index (χ1) is 7.60. The molecule has 1 unspecified atom stereocenters. The van der Waals surface area contributed by atoms with Gasteiger partial charge in [-0.25, -0.2) is 0 Å². The Bertz CT molecular complexity index is 188. The van der Waals surface area contributed by atoms with Crippen molar-refractivity contribution in [3.8, 4) is 0 Å². The van der Waals surface area contributed by atoms with Crippen LogP contribution in [0.2, 0.25) is 0 Å². The molecule has 0 aromatic heterocycles. The monoisotopic (exact) mass is 295 g/mol. The topological polar surface area (TPSA) is 47.6 Å². The second-order valence-electron chi connectivity index (χ2n) is 4.09. The summed E-state index contributed by atoms with van der Waals surface area (Å²) in [5, 5.41) is 3.70. The van der Waals surface area contributed by atoms with E-state index in [1.165, 1.54) is 0 Å². The van der Waals surface area contributed by atoms with Gasteiger partial charge in [0.2, 0.25) is 5.91 Å². The smallest absolute Gasteiger partial charge is 0.246 e. The second-order valence-corrected chi connectivity index (χ2v) is 4.74. The highest BCUT2D eigenvalue weighted by atomic mass is 79.9. The van der Waals surface area contributed by atoms with Gasteiger partial charge in [0.15, 0.2) is 0 Å². The van der Waals surface area contributed by atoms with E-state index < -0.39 is 0 Å². The lowest BCUT2D eigenvalue weighted by Gasteiger charge is -2.18. The molecule has 0 aromatic carbocycles. The Balaban J connectivity index is 3.66. The number of carbonyl (C=O) groups is 1. The first-order valence-corrected chi connectivity index (χ1v) is 6.64. The summed E-state index contributed by atoms with van der Waals surface area (Å²) >= 11 is 3.39. The predicted molar refractivity (Wildman–Crippen MR) is 67.9 cm³/mol. The summed E-state index contributed by atoms with van der Waals surface area (Å²) < 4.78 is 9.95. The van der Waals surface area contributed by atoms with E-state index in [9.17, 15) is 4.79 Å². The molecule has 0 aromatic rings. The van der Waals surface area contributed by atoms with Gasteiger partial charge >= 0.3 is 0 Å². The number of ether oxygens (including phenoxy) is 2. The van der Waals surface area contributed by atoms with Crippen LogP contribution >= 0.6 is 15.9 Å². The summed E-state index contributed by atoms with van der Waals surface area (Å²) in [5.74, 6) is 0.499. The highest BCUT2D eigenvalue weighted by Crippen LogP contribution is 2.06. The average Bonchev–Trinajstić information content (AvgIpc) is 2.23. The summed E-state index contributed by atoms with van der Waals surface area (Å²) in [7, 11) is 1.60. The van der Waals surface area contributed by atoms with Crippen LogP contribution in [0.4, 0.5) is 0 Å². The Morgan fingerprint density at radius 2 is 2.06 bits per heavy atom. The fourth-order valence-corrected chi connectivity index (χ4v) is 1.73.